The zero-order chi connectivity index (χ0) is 26.3. The van der Waals surface area contributed by atoms with Gasteiger partial charge < -0.3 is 16.0 Å². The lowest BCUT2D eigenvalue weighted by molar-refractivity contribution is -0.533. The minimum Gasteiger partial charge on any atom is -0.346 e. The van der Waals surface area contributed by atoms with Crippen LogP contribution in [0.5, 0.6) is 5.75 Å². The third kappa shape index (κ3) is 6.87. The van der Waals surface area contributed by atoms with E-state index in [1.165, 1.54) is 25.2 Å². The van der Waals surface area contributed by atoms with Gasteiger partial charge in [0.2, 0.25) is 16.9 Å². The maximum Gasteiger partial charge on any atom is 0.276 e. The Hall–Kier alpha value is -3.29. The number of hydrazine groups is 3. The van der Waals surface area contributed by atoms with Gasteiger partial charge in [0.1, 0.15) is 11.9 Å². The van der Waals surface area contributed by atoms with E-state index in [2.05, 4.69) is 25.3 Å². The lowest BCUT2D eigenvalue weighted by atomic mass is 10.1. The number of benzene rings is 1. The van der Waals surface area contributed by atoms with Crippen LogP contribution in [0.25, 0.3) is 10.2 Å². The molecule has 0 bridgehead atoms. The van der Waals surface area contributed by atoms with E-state index in [1.807, 2.05) is 0 Å². The largest absolute Gasteiger partial charge is 0.346 e. The van der Waals surface area contributed by atoms with Crippen molar-refractivity contribution in [3.05, 3.63) is 18.2 Å². The fourth-order valence-corrected chi connectivity index (χ4v) is 3.49. The molecule has 0 fully saturated rings. The number of thiazole rings is 1. The Bertz CT molecular complexity index is 1040. The topological polar surface area (TPSA) is 169 Å². The molecule has 1 aromatic carbocycles. The van der Waals surface area contributed by atoms with E-state index in [4.69, 9.17) is 11.6 Å². The Labute approximate surface area is 200 Å². The van der Waals surface area contributed by atoms with Gasteiger partial charge in [-0.2, -0.15) is 5.12 Å². The van der Waals surface area contributed by atoms with Crippen molar-refractivity contribution in [2.45, 2.75) is 19.9 Å². The average Bonchev–Trinajstić information content (AvgIpc) is 3.26. The van der Waals surface area contributed by atoms with E-state index in [9.17, 15) is 28.0 Å². The highest BCUT2D eigenvalue weighted by atomic mass is 32.1. The molecule has 35 heavy (non-hydrogen) atoms. The summed E-state index contributed by atoms with van der Waals surface area (Å²) in [6.07, 6.45) is 0. The fourth-order valence-electron chi connectivity index (χ4n) is 2.52. The van der Waals surface area contributed by atoms with Crippen LogP contribution in [0, 0.1) is 5.92 Å². The molecule has 0 radical (unpaired) electrons. The number of hydrogen-bond donors (Lipinski definition) is 3. The molecule has 0 unspecified atom stereocenters. The van der Waals surface area contributed by atoms with Crippen LogP contribution >= 0.6 is 11.3 Å². The number of nitrogens with zero attached hydrogens (tertiary/aromatic N) is 5. The number of amides is 3. The van der Waals surface area contributed by atoms with E-state index in [-0.39, 0.29) is 37.3 Å². The predicted octanol–water partition coefficient (Wildman–Crippen LogP) is 0.390. The Balaban J connectivity index is 2.15. The number of anilines is 1. The molecule has 3 amide bonds. The van der Waals surface area contributed by atoms with E-state index in [0.29, 0.717) is 11.3 Å². The molecule has 18 heteroatoms. The van der Waals surface area contributed by atoms with Crippen molar-refractivity contribution in [3.63, 3.8) is 0 Å². The number of nitrogens with two attached hydrogens (primary N) is 2. The number of halogens is 3. The molecular weight excluding hydrogens is 501 g/mol. The van der Waals surface area contributed by atoms with Crippen LogP contribution in [0.2, 0.25) is 0 Å². The maximum absolute atomic E-state index is 12.9. The molecule has 0 aliphatic heterocycles. The van der Waals surface area contributed by atoms with Gasteiger partial charge in [-0.25, -0.2) is 10.8 Å². The molecule has 2 aromatic rings. The van der Waals surface area contributed by atoms with Gasteiger partial charge in [0.15, 0.2) is 5.75 Å². The Morgan fingerprint density at radius 3 is 2.40 bits per heavy atom. The van der Waals surface area contributed by atoms with Gasteiger partial charge in [0.25, 0.3) is 5.91 Å². The number of aromatic nitrogens is 1. The average molecular weight is 524 g/mol. The van der Waals surface area contributed by atoms with E-state index >= 15 is 0 Å². The molecule has 0 spiro atoms. The molecule has 1 heterocycles. The van der Waals surface area contributed by atoms with Gasteiger partial charge in [0, 0.05) is 17.6 Å². The van der Waals surface area contributed by atoms with E-state index in [1.54, 1.807) is 13.8 Å². The zero-order valence-corrected chi connectivity index (χ0v) is 19.5. The summed E-state index contributed by atoms with van der Waals surface area (Å²) in [5, 5.41) is 8.24. The molecule has 194 valence electrons. The van der Waals surface area contributed by atoms with Gasteiger partial charge in [-0.1, -0.05) is 25.2 Å². The number of nitrogens with one attached hydrogen (secondary N) is 1. The van der Waals surface area contributed by atoms with Crippen molar-refractivity contribution < 1.29 is 43.0 Å². The lowest BCUT2D eigenvalue weighted by Gasteiger charge is -2.32. The SMILES string of the molecule is CC(C)[C@H](N)C(=O)NCC(=O)N(C)CC(=O)N(N)N(c1nc2ccc(OF)cc2s1)N(OF)OF. The fraction of sp³-hybridized carbons (Fsp3) is 0.412. The van der Waals surface area contributed by atoms with Gasteiger partial charge >= 0.3 is 0 Å². The second-order valence-electron chi connectivity index (χ2n) is 7.34. The summed E-state index contributed by atoms with van der Waals surface area (Å²) in [6.45, 7) is 2.28. The highest BCUT2D eigenvalue weighted by Gasteiger charge is 2.33. The zero-order valence-electron chi connectivity index (χ0n) is 18.7. The quantitative estimate of drug-likeness (QED) is 0.199. The Kier molecular flexibility index (Phi) is 9.92. The van der Waals surface area contributed by atoms with Crippen molar-refractivity contribution >= 4 is 44.4 Å². The van der Waals surface area contributed by atoms with E-state index < -0.39 is 42.2 Å². The summed E-state index contributed by atoms with van der Waals surface area (Å²) in [6, 6.07) is 2.94. The minimum absolute atomic E-state index is 0.153. The van der Waals surface area contributed by atoms with Crippen LogP contribution in [-0.2, 0) is 24.5 Å². The van der Waals surface area contributed by atoms with Gasteiger partial charge in [-0.3, -0.25) is 19.3 Å². The maximum atomic E-state index is 12.9. The number of rotatable bonds is 12. The first-order valence-corrected chi connectivity index (χ1v) is 10.6. The molecule has 1 atom stereocenters. The molecular formula is C17H23F3N8O6S. The van der Waals surface area contributed by atoms with Gasteiger partial charge in [-0.15, -0.1) is 5.12 Å². The van der Waals surface area contributed by atoms with Crippen molar-refractivity contribution in [1.82, 2.24) is 25.7 Å². The molecule has 0 aliphatic carbocycles. The number of fused-ring (bicyclic) bond motifs is 1. The normalized spacial score (nSPS) is 12.1. The summed E-state index contributed by atoms with van der Waals surface area (Å²) in [7, 11) is 1.22. The number of carbonyl (C=O) groups excluding carboxylic acids is 3. The van der Waals surface area contributed by atoms with Crippen LogP contribution < -0.4 is 27.0 Å². The van der Waals surface area contributed by atoms with Crippen LogP contribution in [0.3, 0.4) is 0 Å². The summed E-state index contributed by atoms with van der Waals surface area (Å²) in [4.78, 5) is 45.3. The predicted molar refractivity (Wildman–Crippen MR) is 115 cm³/mol. The van der Waals surface area contributed by atoms with Crippen LogP contribution in [0.4, 0.5) is 18.7 Å². The summed E-state index contributed by atoms with van der Waals surface area (Å²) in [5.74, 6) is 3.01. The molecule has 0 aliphatic rings. The first-order valence-electron chi connectivity index (χ1n) is 9.75. The summed E-state index contributed by atoms with van der Waals surface area (Å²) in [5.41, 5.74) is 5.91. The van der Waals surface area contributed by atoms with Crippen LogP contribution in [0.15, 0.2) is 18.2 Å². The van der Waals surface area contributed by atoms with Gasteiger partial charge in [0.05, 0.1) is 22.8 Å². The molecule has 5 N–H and O–H groups in total. The lowest BCUT2D eigenvalue weighted by Crippen LogP contribution is -2.60. The third-order valence-electron chi connectivity index (χ3n) is 4.57. The highest BCUT2D eigenvalue weighted by molar-refractivity contribution is 7.22. The second kappa shape index (κ2) is 12.4. The van der Waals surface area contributed by atoms with Crippen molar-refractivity contribution in [2.75, 3.05) is 25.3 Å². The van der Waals surface area contributed by atoms with Crippen molar-refractivity contribution in [2.24, 2.45) is 17.5 Å². The molecule has 1 aromatic heterocycles. The molecule has 0 saturated carbocycles. The number of likely N-dealkylation sites (N-methyl/N-ethyl adjacent to an activating group) is 1. The first-order chi connectivity index (χ1) is 16.5. The van der Waals surface area contributed by atoms with Crippen LogP contribution in [0.1, 0.15) is 13.8 Å². The first kappa shape index (κ1) is 28.0. The Morgan fingerprint density at radius 1 is 1.17 bits per heavy atom. The number of carbonyl (C=O) groups is 3. The Morgan fingerprint density at radius 2 is 1.83 bits per heavy atom. The molecule has 0 saturated heterocycles. The third-order valence-corrected chi connectivity index (χ3v) is 5.56. The highest BCUT2D eigenvalue weighted by Crippen LogP contribution is 2.33. The molecule has 2 rings (SSSR count). The summed E-state index contributed by atoms with van der Waals surface area (Å²) < 4.78 is 38.5. The monoisotopic (exact) mass is 524 g/mol. The standard InChI is InChI=1S/C17H23F3N8O6S/c1-9(2)15(21)16(31)23-7-13(29)25(3)8-14(30)26(22)27(28(33-19)34-20)17-24-11-5-4-10(32-18)6-12(11)35-17/h4-6,9,15H,7-8,21-22H2,1-3H3,(H,23,31)/t15-/m0/s1. The van der Waals surface area contributed by atoms with Crippen molar-refractivity contribution in [1.29, 1.82) is 0 Å². The van der Waals surface area contributed by atoms with Crippen LogP contribution in [-0.4, -0.2) is 64.2 Å². The molecule has 14 nitrogen and oxygen atoms in total. The summed E-state index contributed by atoms with van der Waals surface area (Å²) >= 11 is 0.701. The van der Waals surface area contributed by atoms with Crippen molar-refractivity contribution in [3.8, 4) is 5.75 Å². The minimum atomic E-state index is -1.09. The smallest absolute Gasteiger partial charge is 0.276 e. The van der Waals surface area contributed by atoms with Gasteiger partial charge in [-0.05, 0) is 37.2 Å². The van der Waals surface area contributed by atoms with E-state index in [0.717, 1.165) is 4.90 Å². The number of hydrogen-bond acceptors (Lipinski definition) is 12. The second-order valence-corrected chi connectivity index (χ2v) is 8.35.